The maximum atomic E-state index is 12.3. The lowest BCUT2D eigenvalue weighted by Crippen LogP contribution is -2.39. The van der Waals surface area contributed by atoms with Gasteiger partial charge in [0.25, 0.3) is 19.2 Å². The molecule has 4 aromatic carbocycles. The summed E-state index contributed by atoms with van der Waals surface area (Å²) in [5.41, 5.74) is 3.69. The summed E-state index contributed by atoms with van der Waals surface area (Å²) in [5, 5.41) is 21.0. The van der Waals surface area contributed by atoms with Crippen LogP contribution < -0.4 is 5.32 Å². The molecule has 13 heteroatoms. The number of piperidine rings is 1. The standard InChI is InChI=1S/C22H29NO3S.C9H8O4.C7H7ClO2S/c1-18-12-14-20(15-13-18)27(24,25)26-17-7-10-21(19-8-3-2-4-9-19)22-11-5-6-16-23-22;1-5-6(8(10)11)3-2-4-7(5)9(12)13;1-6-2-4-7(5-3-6)11(8,9)10/h2-4,8-9,12-15,21-23H,5-7,10-11,16-17H2,1H3;2-4H,1H3,(H,10,11)(H,12,13);2-5H,1H3. The van der Waals surface area contributed by atoms with Crippen LogP contribution in [0.5, 0.6) is 0 Å². The van der Waals surface area contributed by atoms with E-state index in [4.69, 9.17) is 25.1 Å². The number of rotatable bonds is 11. The first-order valence-corrected chi connectivity index (χ1v) is 20.1. The van der Waals surface area contributed by atoms with Gasteiger partial charge in [-0.25, -0.2) is 18.0 Å². The number of carbonyl (C=O) groups is 2. The predicted octanol–water partition coefficient (Wildman–Crippen LogP) is 7.72. The SMILES string of the molecule is Cc1c(C(=O)O)cccc1C(=O)O.Cc1ccc(S(=O)(=O)Cl)cc1.Cc1ccc(S(=O)(=O)OCCCC(c2ccccc2)C2CCCCN2)cc1. The topological polar surface area (TPSA) is 164 Å². The van der Waals surface area contributed by atoms with Crippen molar-refractivity contribution in [2.24, 2.45) is 0 Å². The molecule has 0 aliphatic carbocycles. The Morgan fingerprint density at radius 1 is 0.765 bits per heavy atom. The molecule has 2 unspecified atom stereocenters. The summed E-state index contributed by atoms with van der Waals surface area (Å²) in [4.78, 5) is 21.6. The second-order valence-electron chi connectivity index (χ2n) is 12.1. The Hall–Kier alpha value is -4.07. The second-order valence-corrected chi connectivity index (χ2v) is 16.3. The normalized spacial score (nSPS) is 14.9. The summed E-state index contributed by atoms with van der Waals surface area (Å²) in [6.07, 6.45) is 5.27. The number of carboxylic acid groups (broad SMARTS) is 2. The number of carboxylic acids is 2. The van der Waals surface area contributed by atoms with Crippen molar-refractivity contribution in [3.8, 4) is 0 Å². The van der Waals surface area contributed by atoms with Gasteiger partial charge >= 0.3 is 11.9 Å². The average Bonchev–Trinajstić information content (AvgIpc) is 3.09. The third-order valence-corrected chi connectivity index (χ3v) is 11.1. The number of aromatic carboxylic acids is 2. The van der Waals surface area contributed by atoms with E-state index in [0.717, 1.165) is 24.1 Å². The van der Waals surface area contributed by atoms with Crippen LogP contribution in [0.25, 0.3) is 0 Å². The summed E-state index contributed by atoms with van der Waals surface area (Å²) < 4.78 is 51.4. The lowest BCUT2D eigenvalue weighted by Gasteiger charge is -2.32. The van der Waals surface area contributed by atoms with Gasteiger partial charge in [-0.2, -0.15) is 8.42 Å². The van der Waals surface area contributed by atoms with Crippen molar-refractivity contribution in [2.75, 3.05) is 13.2 Å². The third-order valence-electron chi connectivity index (χ3n) is 8.37. The molecule has 0 spiro atoms. The fourth-order valence-corrected chi connectivity index (χ4v) is 7.28. The number of hydrogen-bond acceptors (Lipinski definition) is 8. The first kappa shape index (κ1) is 41.4. The molecule has 4 aromatic rings. The minimum Gasteiger partial charge on any atom is -0.478 e. The summed E-state index contributed by atoms with van der Waals surface area (Å²) in [6, 6.07) is 28.3. The van der Waals surface area contributed by atoms with Gasteiger partial charge in [-0.05, 0) is 106 Å². The van der Waals surface area contributed by atoms with E-state index < -0.39 is 31.1 Å². The Balaban J connectivity index is 0.000000242. The highest BCUT2D eigenvalue weighted by atomic mass is 35.7. The summed E-state index contributed by atoms with van der Waals surface area (Å²) >= 11 is 0. The van der Waals surface area contributed by atoms with Crippen molar-refractivity contribution in [3.05, 3.63) is 130 Å². The first-order chi connectivity index (χ1) is 24.1. The van der Waals surface area contributed by atoms with Crippen LogP contribution in [0, 0.1) is 20.8 Å². The van der Waals surface area contributed by atoms with Gasteiger partial charge in [-0.1, -0.05) is 78.2 Å². The van der Waals surface area contributed by atoms with Crippen LogP contribution in [-0.2, 0) is 23.4 Å². The molecule has 10 nitrogen and oxygen atoms in total. The highest BCUT2D eigenvalue weighted by molar-refractivity contribution is 8.13. The zero-order valence-electron chi connectivity index (χ0n) is 28.8. The summed E-state index contributed by atoms with van der Waals surface area (Å²) in [7, 11) is -2.14. The summed E-state index contributed by atoms with van der Waals surface area (Å²) in [6.45, 7) is 6.57. The Bertz CT molecular complexity index is 1910. The largest absolute Gasteiger partial charge is 0.478 e. The predicted molar refractivity (Wildman–Crippen MR) is 198 cm³/mol. The van der Waals surface area contributed by atoms with Gasteiger partial charge < -0.3 is 15.5 Å². The molecule has 2 atom stereocenters. The van der Waals surface area contributed by atoms with Crippen LogP contribution in [-0.4, -0.2) is 58.2 Å². The number of aryl methyl sites for hydroxylation is 2. The Morgan fingerprint density at radius 3 is 1.76 bits per heavy atom. The molecule has 1 aliphatic heterocycles. The van der Waals surface area contributed by atoms with Crippen LogP contribution in [0.15, 0.2) is 107 Å². The smallest absolute Gasteiger partial charge is 0.335 e. The van der Waals surface area contributed by atoms with Crippen molar-refractivity contribution in [2.45, 2.75) is 74.6 Å². The van der Waals surface area contributed by atoms with Gasteiger partial charge in [0.15, 0.2) is 0 Å². The van der Waals surface area contributed by atoms with Crippen molar-refractivity contribution in [3.63, 3.8) is 0 Å². The second kappa shape index (κ2) is 19.5. The van der Waals surface area contributed by atoms with Crippen LogP contribution in [0.3, 0.4) is 0 Å². The van der Waals surface area contributed by atoms with Crippen LogP contribution in [0.1, 0.15) is 81.0 Å². The minimum atomic E-state index is -3.68. The van der Waals surface area contributed by atoms with E-state index in [-0.39, 0.29) is 33.1 Å². The number of hydrogen-bond donors (Lipinski definition) is 3. The van der Waals surface area contributed by atoms with Crippen LogP contribution in [0.4, 0.5) is 0 Å². The van der Waals surface area contributed by atoms with E-state index in [0.29, 0.717) is 18.4 Å². The van der Waals surface area contributed by atoms with Crippen LogP contribution in [0.2, 0.25) is 0 Å². The molecule has 1 heterocycles. The van der Waals surface area contributed by atoms with Gasteiger partial charge in [-0.3, -0.25) is 4.18 Å². The molecular formula is C38H44ClNO9S2. The van der Waals surface area contributed by atoms with Gasteiger partial charge in [0, 0.05) is 16.7 Å². The van der Waals surface area contributed by atoms with E-state index in [9.17, 15) is 26.4 Å². The zero-order chi connectivity index (χ0) is 37.6. The van der Waals surface area contributed by atoms with Crippen molar-refractivity contribution in [1.29, 1.82) is 0 Å². The van der Waals surface area contributed by atoms with Gasteiger partial charge in [0.1, 0.15) is 0 Å². The summed E-state index contributed by atoms with van der Waals surface area (Å²) in [5.74, 6) is -1.83. The van der Waals surface area contributed by atoms with Gasteiger partial charge in [-0.15, -0.1) is 0 Å². The molecule has 274 valence electrons. The fourth-order valence-electron chi connectivity index (χ4n) is 5.57. The number of halogens is 1. The zero-order valence-corrected chi connectivity index (χ0v) is 31.2. The molecule has 3 N–H and O–H groups in total. The van der Waals surface area contributed by atoms with E-state index in [1.54, 1.807) is 36.4 Å². The van der Waals surface area contributed by atoms with E-state index in [2.05, 4.69) is 29.6 Å². The molecule has 5 rings (SSSR count). The Morgan fingerprint density at radius 2 is 1.29 bits per heavy atom. The third kappa shape index (κ3) is 13.2. The number of benzene rings is 4. The van der Waals surface area contributed by atoms with Crippen LogP contribution >= 0.6 is 10.7 Å². The Labute approximate surface area is 305 Å². The molecule has 0 aromatic heterocycles. The molecule has 0 bridgehead atoms. The van der Waals surface area contributed by atoms with Crippen molar-refractivity contribution >= 4 is 41.8 Å². The van der Waals surface area contributed by atoms with Gasteiger partial charge in [0.05, 0.1) is 27.5 Å². The molecule has 0 radical (unpaired) electrons. The molecule has 1 saturated heterocycles. The van der Waals surface area contributed by atoms with Gasteiger partial charge in [0.2, 0.25) is 0 Å². The molecule has 1 aliphatic rings. The maximum Gasteiger partial charge on any atom is 0.335 e. The number of nitrogens with one attached hydrogen (secondary N) is 1. The lowest BCUT2D eigenvalue weighted by molar-refractivity contribution is 0.0696. The quantitative estimate of drug-likeness (QED) is 0.0784. The van der Waals surface area contributed by atoms with E-state index >= 15 is 0 Å². The molecule has 0 saturated carbocycles. The highest BCUT2D eigenvalue weighted by Crippen LogP contribution is 2.30. The first-order valence-electron chi connectivity index (χ1n) is 16.4. The Kier molecular flexibility index (Phi) is 15.8. The fraction of sp³-hybridized carbons (Fsp3) is 0.316. The molecule has 0 amide bonds. The average molecular weight is 758 g/mol. The minimum absolute atomic E-state index is 0.0277. The van der Waals surface area contributed by atoms with E-state index in [1.807, 2.05) is 19.9 Å². The molecule has 51 heavy (non-hydrogen) atoms. The molecular weight excluding hydrogens is 714 g/mol. The lowest BCUT2D eigenvalue weighted by atomic mass is 9.83. The molecule has 1 fully saturated rings. The highest BCUT2D eigenvalue weighted by Gasteiger charge is 2.25. The van der Waals surface area contributed by atoms with E-state index in [1.165, 1.54) is 62.1 Å². The van der Waals surface area contributed by atoms with Crippen molar-refractivity contribution in [1.82, 2.24) is 5.32 Å². The monoisotopic (exact) mass is 757 g/mol. The maximum absolute atomic E-state index is 12.3. The van der Waals surface area contributed by atoms with Crippen molar-refractivity contribution < 1.29 is 40.8 Å².